The molecule has 1 N–H and O–H groups in total. The van der Waals surface area contributed by atoms with Gasteiger partial charge in [0.15, 0.2) is 0 Å². The second-order valence-corrected chi connectivity index (χ2v) is 6.46. The van der Waals surface area contributed by atoms with Gasteiger partial charge >= 0.3 is 0 Å². The van der Waals surface area contributed by atoms with Gasteiger partial charge in [-0.2, -0.15) is 10.2 Å². The van der Waals surface area contributed by atoms with E-state index in [0.717, 1.165) is 11.3 Å². The Bertz CT molecular complexity index is 1260. The molecule has 0 amide bonds. The second kappa shape index (κ2) is 6.83. The van der Waals surface area contributed by atoms with E-state index < -0.39 is 0 Å². The van der Waals surface area contributed by atoms with Crippen LogP contribution in [0.2, 0.25) is 0 Å². The molecule has 4 aromatic rings. The second-order valence-electron chi connectivity index (χ2n) is 6.46. The number of rotatable bonds is 4. The SMILES string of the molecule is [C-]#[N+]c1cn2c(NCc3c(F)ccc4c3CCO4)ncc(-c3cccnn3)c2n1. The van der Waals surface area contributed by atoms with Gasteiger partial charge in [0.25, 0.3) is 5.82 Å². The van der Waals surface area contributed by atoms with Crippen LogP contribution in [-0.2, 0) is 13.0 Å². The lowest BCUT2D eigenvalue weighted by molar-refractivity contribution is 0.356. The van der Waals surface area contributed by atoms with Crippen molar-refractivity contribution in [1.29, 1.82) is 0 Å². The number of imidazole rings is 1. The first-order valence-electron chi connectivity index (χ1n) is 8.95. The molecule has 8 nitrogen and oxygen atoms in total. The molecule has 3 aromatic heterocycles. The fourth-order valence-electron chi connectivity index (χ4n) is 3.45. The summed E-state index contributed by atoms with van der Waals surface area (Å²) >= 11 is 0. The van der Waals surface area contributed by atoms with Crippen LogP contribution < -0.4 is 10.1 Å². The minimum Gasteiger partial charge on any atom is -0.493 e. The first kappa shape index (κ1) is 17.1. The summed E-state index contributed by atoms with van der Waals surface area (Å²) in [4.78, 5) is 12.2. The lowest BCUT2D eigenvalue weighted by atomic mass is 10.0. The molecular formula is C20H14FN7O. The standard InChI is InChI=1S/C20H14FN7O/c1-22-18-11-28-19(26-18)14(16-3-2-7-25-27-16)10-24-20(28)23-9-13-12-6-8-29-17(12)5-4-15(13)21/h2-5,7,10-11H,6,8-9H2,(H,23,24). The van der Waals surface area contributed by atoms with Crippen LogP contribution in [-0.4, -0.2) is 31.2 Å². The van der Waals surface area contributed by atoms with E-state index in [2.05, 4.69) is 30.3 Å². The summed E-state index contributed by atoms with van der Waals surface area (Å²) in [6.45, 7) is 8.07. The van der Waals surface area contributed by atoms with Crippen molar-refractivity contribution in [2.24, 2.45) is 0 Å². The van der Waals surface area contributed by atoms with Crippen molar-refractivity contribution in [3.8, 4) is 17.0 Å². The minimum absolute atomic E-state index is 0.228. The highest BCUT2D eigenvalue weighted by molar-refractivity contribution is 5.77. The Hall–Kier alpha value is -4.06. The van der Waals surface area contributed by atoms with Gasteiger partial charge in [-0.25, -0.2) is 9.37 Å². The van der Waals surface area contributed by atoms with Gasteiger partial charge in [0.1, 0.15) is 17.3 Å². The Balaban J connectivity index is 1.55. The van der Waals surface area contributed by atoms with Crippen LogP contribution in [0.5, 0.6) is 5.75 Å². The van der Waals surface area contributed by atoms with Gasteiger partial charge in [-0.05, 0) is 24.3 Å². The molecule has 0 saturated carbocycles. The third kappa shape index (κ3) is 2.91. The normalized spacial score (nSPS) is 12.4. The quantitative estimate of drug-likeness (QED) is 0.541. The summed E-state index contributed by atoms with van der Waals surface area (Å²) in [6.07, 6.45) is 5.46. The van der Waals surface area contributed by atoms with E-state index in [-0.39, 0.29) is 18.2 Å². The zero-order valence-electron chi connectivity index (χ0n) is 15.1. The van der Waals surface area contributed by atoms with Crippen molar-refractivity contribution in [1.82, 2.24) is 24.6 Å². The number of halogens is 1. The number of aromatic nitrogens is 5. The molecule has 9 heteroatoms. The Labute approximate surface area is 164 Å². The Kier molecular flexibility index (Phi) is 4.02. The minimum atomic E-state index is -0.290. The van der Waals surface area contributed by atoms with E-state index in [1.54, 1.807) is 41.2 Å². The Morgan fingerprint density at radius 1 is 1.31 bits per heavy atom. The highest BCUT2D eigenvalue weighted by Crippen LogP contribution is 2.31. The molecule has 0 unspecified atom stereocenters. The Morgan fingerprint density at radius 2 is 2.24 bits per heavy atom. The smallest absolute Gasteiger partial charge is 0.288 e. The lowest BCUT2D eigenvalue weighted by Gasteiger charge is -2.12. The van der Waals surface area contributed by atoms with Crippen molar-refractivity contribution >= 4 is 17.4 Å². The number of nitrogens with one attached hydrogen (secondary N) is 1. The average Bonchev–Trinajstić information content (AvgIpc) is 3.40. The predicted octanol–water partition coefficient (Wildman–Crippen LogP) is 3.42. The molecule has 0 atom stereocenters. The molecule has 1 aromatic carbocycles. The summed E-state index contributed by atoms with van der Waals surface area (Å²) in [6, 6.07) is 6.64. The van der Waals surface area contributed by atoms with Gasteiger partial charge < -0.3 is 14.9 Å². The van der Waals surface area contributed by atoms with Crippen LogP contribution >= 0.6 is 0 Å². The number of nitrogens with zero attached hydrogens (tertiary/aromatic N) is 6. The van der Waals surface area contributed by atoms with Crippen LogP contribution in [0, 0.1) is 12.4 Å². The number of hydrogen-bond donors (Lipinski definition) is 1. The number of ether oxygens (including phenoxy) is 1. The number of fused-ring (bicyclic) bond motifs is 2. The molecule has 0 fully saturated rings. The Morgan fingerprint density at radius 3 is 3.07 bits per heavy atom. The molecule has 0 saturated heterocycles. The van der Waals surface area contributed by atoms with Crippen LogP contribution in [0.1, 0.15) is 11.1 Å². The number of anilines is 1. The molecule has 29 heavy (non-hydrogen) atoms. The monoisotopic (exact) mass is 387 g/mol. The van der Waals surface area contributed by atoms with Gasteiger partial charge in [0.2, 0.25) is 11.6 Å². The van der Waals surface area contributed by atoms with Crippen LogP contribution in [0.4, 0.5) is 16.2 Å². The number of benzene rings is 1. The first-order chi connectivity index (χ1) is 14.2. The van der Waals surface area contributed by atoms with E-state index in [9.17, 15) is 4.39 Å². The van der Waals surface area contributed by atoms with Crippen molar-refractivity contribution in [2.45, 2.75) is 13.0 Å². The fraction of sp³-hybridized carbons (Fsp3) is 0.150. The molecule has 142 valence electrons. The van der Waals surface area contributed by atoms with Crippen molar-refractivity contribution in [2.75, 3.05) is 11.9 Å². The van der Waals surface area contributed by atoms with Crippen molar-refractivity contribution < 1.29 is 9.13 Å². The first-order valence-corrected chi connectivity index (χ1v) is 8.95. The molecule has 4 heterocycles. The molecule has 1 aliphatic rings. The van der Waals surface area contributed by atoms with Crippen LogP contribution in [0.15, 0.2) is 42.9 Å². The molecular weight excluding hydrogens is 373 g/mol. The summed E-state index contributed by atoms with van der Waals surface area (Å²) in [5.41, 5.74) is 3.20. The molecule has 0 radical (unpaired) electrons. The largest absolute Gasteiger partial charge is 0.493 e. The summed E-state index contributed by atoms with van der Waals surface area (Å²) in [7, 11) is 0. The maximum absolute atomic E-state index is 14.4. The molecule has 5 rings (SSSR count). The lowest BCUT2D eigenvalue weighted by Crippen LogP contribution is -2.09. The van der Waals surface area contributed by atoms with Gasteiger partial charge in [-0.1, -0.05) is 11.6 Å². The third-order valence-corrected chi connectivity index (χ3v) is 4.80. The highest BCUT2D eigenvalue weighted by Gasteiger charge is 2.21. The van der Waals surface area contributed by atoms with E-state index in [1.165, 1.54) is 6.07 Å². The predicted molar refractivity (Wildman–Crippen MR) is 103 cm³/mol. The average molecular weight is 387 g/mol. The van der Waals surface area contributed by atoms with E-state index in [1.807, 2.05) is 0 Å². The third-order valence-electron chi connectivity index (χ3n) is 4.80. The maximum atomic E-state index is 14.4. The fourth-order valence-corrected chi connectivity index (χ4v) is 3.45. The summed E-state index contributed by atoms with van der Waals surface area (Å²) in [5.74, 6) is 1.11. The summed E-state index contributed by atoms with van der Waals surface area (Å²) < 4.78 is 21.6. The zero-order valence-corrected chi connectivity index (χ0v) is 15.1. The van der Waals surface area contributed by atoms with Crippen molar-refractivity contribution in [3.05, 3.63) is 71.2 Å². The van der Waals surface area contributed by atoms with Gasteiger partial charge in [0.05, 0.1) is 12.2 Å². The van der Waals surface area contributed by atoms with Crippen LogP contribution in [0.3, 0.4) is 0 Å². The van der Waals surface area contributed by atoms with E-state index >= 15 is 0 Å². The van der Waals surface area contributed by atoms with Gasteiger partial charge in [-0.15, -0.1) is 0 Å². The van der Waals surface area contributed by atoms with E-state index in [4.69, 9.17) is 11.3 Å². The molecule has 0 spiro atoms. The number of hydrogen-bond acceptors (Lipinski definition) is 6. The van der Waals surface area contributed by atoms with Gasteiger partial charge in [0, 0.05) is 42.7 Å². The summed E-state index contributed by atoms with van der Waals surface area (Å²) in [5, 5.41) is 11.2. The molecule has 1 aliphatic heterocycles. The molecule has 0 bridgehead atoms. The zero-order chi connectivity index (χ0) is 19.8. The maximum Gasteiger partial charge on any atom is 0.288 e. The van der Waals surface area contributed by atoms with Crippen LogP contribution in [0.25, 0.3) is 21.7 Å². The van der Waals surface area contributed by atoms with E-state index in [0.29, 0.717) is 41.4 Å². The van der Waals surface area contributed by atoms with Crippen molar-refractivity contribution in [3.63, 3.8) is 0 Å². The topological polar surface area (TPSA) is 81.6 Å². The molecule has 0 aliphatic carbocycles. The van der Waals surface area contributed by atoms with Gasteiger partial charge in [-0.3, -0.25) is 4.40 Å². The highest BCUT2D eigenvalue weighted by atomic mass is 19.1.